The number of ether oxygens (including phenoxy) is 1. The van der Waals surface area contributed by atoms with Gasteiger partial charge in [0, 0.05) is 44.7 Å². The van der Waals surface area contributed by atoms with E-state index in [1.807, 2.05) is 6.07 Å². The SMILES string of the molecule is C=CC(=O)Nc1cc(Nc2cc(N3OCC[C@@H]3c3cccc(C(F)(F)F)c3)ncn2)c(OC)cc1N1CCN(C)CC1. The molecular weight excluding hydrogens is 551 g/mol. The van der Waals surface area contributed by atoms with Crippen LogP contribution in [-0.2, 0) is 15.8 Å². The van der Waals surface area contributed by atoms with E-state index in [0.717, 1.165) is 44.0 Å². The summed E-state index contributed by atoms with van der Waals surface area (Å²) in [6.07, 6.45) is -1.41. The van der Waals surface area contributed by atoms with Crippen LogP contribution in [0.5, 0.6) is 5.75 Å². The number of hydrogen-bond donors (Lipinski definition) is 2. The summed E-state index contributed by atoms with van der Waals surface area (Å²) in [5, 5.41) is 7.63. The van der Waals surface area contributed by atoms with Crippen molar-refractivity contribution in [1.29, 1.82) is 0 Å². The van der Waals surface area contributed by atoms with Crippen molar-refractivity contribution in [3.63, 3.8) is 0 Å². The fourth-order valence-corrected chi connectivity index (χ4v) is 5.02. The summed E-state index contributed by atoms with van der Waals surface area (Å²) in [7, 11) is 3.62. The molecular formula is C29H32F3N7O3. The van der Waals surface area contributed by atoms with Crippen molar-refractivity contribution in [2.45, 2.75) is 18.6 Å². The van der Waals surface area contributed by atoms with Gasteiger partial charge in [0.05, 0.1) is 42.4 Å². The Hall–Kier alpha value is -4.36. The third-order valence-electron chi connectivity index (χ3n) is 7.25. The van der Waals surface area contributed by atoms with Gasteiger partial charge in [0.2, 0.25) is 5.91 Å². The molecule has 0 radical (unpaired) electrons. The van der Waals surface area contributed by atoms with E-state index >= 15 is 0 Å². The van der Waals surface area contributed by atoms with Crippen molar-refractivity contribution in [3.05, 3.63) is 72.6 Å². The molecule has 3 aromatic rings. The quantitative estimate of drug-likeness (QED) is 0.355. The highest BCUT2D eigenvalue weighted by molar-refractivity contribution is 6.02. The van der Waals surface area contributed by atoms with Crippen molar-refractivity contribution in [2.24, 2.45) is 0 Å². The number of aromatic nitrogens is 2. The van der Waals surface area contributed by atoms with Crippen molar-refractivity contribution >= 4 is 34.6 Å². The number of benzene rings is 2. The molecule has 1 aromatic heterocycles. The number of nitrogens with one attached hydrogen (secondary N) is 2. The zero-order valence-electron chi connectivity index (χ0n) is 23.3. The number of amides is 1. The molecule has 0 bridgehead atoms. The highest BCUT2D eigenvalue weighted by Crippen LogP contribution is 2.40. The molecule has 2 aliphatic heterocycles. The summed E-state index contributed by atoms with van der Waals surface area (Å²) >= 11 is 0. The first-order valence-corrected chi connectivity index (χ1v) is 13.4. The molecule has 1 amide bonds. The Morgan fingerprint density at radius 2 is 1.90 bits per heavy atom. The Morgan fingerprint density at radius 1 is 1.12 bits per heavy atom. The van der Waals surface area contributed by atoms with Gasteiger partial charge in [0.15, 0.2) is 5.82 Å². The predicted molar refractivity (Wildman–Crippen MR) is 154 cm³/mol. The fourth-order valence-electron chi connectivity index (χ4n) is 5.02. The molecule has 42 heavy (non-hydrogen) atoms. The lowest BCUT2D eigenvalue weighted by Crippen LogP contribution is -2.44. The topological polar surface area (TPSA) is 95.1 Å². The number of rotatable bonds is 8. The van der Waals surface area contributed by atoms with Gasteiger partial charge in [-0.1, -0.05) is 18.7 Å². The van der Waals surface area contributed by atoms with Crippen molar-refractivity contribution in [1.82, 2.24) is 14.9 Å². The van der Waals surface area contributed by atoms with E-state index < -0.39 is 17.8 Å². The minimum atomic E-state index is -4.45. The number of carbonyl (C=O) groups is 1. The average Bonchev–Trinajstić information content (AvgIpc) is 3.48. The molecule has 13 heteroatoms. The zero-order chi connectivity index (χ0) is 29.9. The summed E-state index contributed by atoms with van der Waals surface area (Å²) in [5.41, 5.74) is 1.69. The second kappa shape index (κ2) is 12.2. The minimum absolute atomic E-state index is 0.321. The molecule has 0 spiro atoms. The molecule has 5 rings (SSSR count). The van der Waals surface area contributed by atoms with Crippen LogP contribution in [0.2, 0.25) is 0 Å². The highest BCUT2D eigenvalue weighted by atomic mass is 19.4. The van der Waals surface area contributed by atoms with E-state index in [9.17, 15) is 18.0 Å². The first-order chi connectivity index (χ1) is 20.2. The van der Waals surface area contributed by atoms with Gasteiger partial charge in [-0.3, -0.25) is 9.63 Å². The lowest BCUT2D eigenvalue weighted by atomic mass is 10.0. The van der Waals surface area contributed by atoms with Crippen molar-refractivity contribution in [3.8, 4) is 5.75 Å². The number of likely N-dealkylation sites (N-methyl/N-ethyl adjacent to an activating group) is 1. The number of piperazine rings is 1. The van der Waals surface area contributed by atoms with Gasteiger partial charge in [0.1, 0.15) is 17.9 Å². The minimum Gasteiger partial charge on any atom is -0.494 e. The second-order valence-electron chi connectivity index (χ2n) is 10.0. The molecule has 2 saturated heterocycles. The molecule has 0 unspecified atom stereocenters. The summed E-state index contributed by atoms with van der Waals surface area (Å²) < 4.78 is 45.7. The molecule has 10 nitrogen and oxygen atoms in total. The highest BCUT2D eigenvalue weighted by Gasteiger charge is 2.34. The molecule has 2 fully saturated rings. The fraction of sp³-hybridized carbons (Fsp3) is 0.345. The van der Waals surface area contributed by atoms with E-state index in [-0.39, 0.29) is 5.91 Å². The van der Waals surface area contributed by atoms with Gasteiger partial charge < -0.3 is 25.2 Å². The van der Waals surface area contributed by atoms with Gasteiger partial charge in [0.25, 0.3) is 0 Å². The number of methoxy groups -OCH3 is 1. The van der Waals surface area contributed by atoms with E-state index in [4.69, 9.17) is 9.57 Å². The van der Waals surface area contributed by atoms with Gasteiger partial charge in [-0.25, -0.2) is 15.0 Å². The Kier molecular flexibility index (Phi) is 8.50. The van der Waals surface area contributed by atoms with E-state index in [0.29, 0.717) is 47.4 Å². The van der Waals surface area contributed by atoms with Crippen LogP contribution >= 0.6 is 0 Å². The number of anilines is 5. The average molecular weight is 584 g/mol. The van der Waals surface area contributed by atoms with Crippen LogP contribution in [0, 0.1) is 0 Å². The van der Waals surface area contributed by atoms with E-state index in [2.05, 4.69) is 44.0 Å². The maximum Gasteiger partial charge on any atom is 0.416 e. The largest absolute Gasteiger partial charge is 0.494 e. The van der Waals surface area contributed by atoms with Crippen LogP contribution in [0.1, 0.15) is 23.6 Å². The van der Waals surface area contributed by atoms with Crippen LogP contribution in [0.4, 0.5) is 41.9 Å². The Balaban J connectivity index is 1.43. The number of hydroxylamine groups is 1. The third-order valence-corrected chi connectivity index (χ3v) is 7.25. The molecule has 2 aromatic carbocycles. The zero-order valence-corrected chi connectivity index (χ0v) is 23.3. The Bertz CT molecular complexity index is 1440. The lowest BCUT2D eigenvalue weighted by molar-refractivity contribution is -0.137. The summed E-state index contributed by atoms with van der Waals surface area (Å²) in [5.74, 6) is 0.947. The summed E-state index contributed by atoms with van der Waals surface area (Å²) in [6.45, 7) is 7.19. The van der Waals surface area contributed by atoms with E-state index in [1.165, 1.54) is 23.5 Å². The van der Waals surface area contributed by atoms with Gasteiger partial charge in [-0.05, 0) is 36.9 Å². The first-order valence-electron chi connectivity index (χ1n) is 13.4. The Morgan fingerprint density at radius 3 is 2.62 bits per heavy atom. The smallest absolute Gasteiger partial charge is 0.416 e. The monoisotopic (exact) mass is 583 g/mol. The van der Waals surface area contributed by atoms with Crippen LogP contribution in [0.15, 0.2) is 61.4 Å². The van der Waals surface area contributed by atoms with Crippen LogP contribution in [-0.4, -0.2) is 67.7 Å². The second-order valence-corrected chi connectivity index (χ2v) is 10.0. The Labute approximate surface area is 241 Å². The number of carbonyl (C=O) groups excluding carboxylic acids is 1. The standard InChI is InChI=1S/C29H32F3N7O3/c1-4-28(40)36-21-15-22(25(41-3)16-24(21)38-11-9-37(2)10-12-38)35-26-17-27(34-18-33-26)39-23(8-13-42-39)19-6-5-7-20(14-19)29(30,31)32/h4-7,14-18,23H,1,8-13H2,2-3H3,(H,36,40)(H,33,34,35)/t23-/m1/s1. The number of nitrogens with zero attached hydrogens (tertiary/aromatic N) is 5. The van der Waals surface area contributed by atoms with Crippen molar-refractivity contribution < 1.29 is 27.5 Å². The molecule has 222 valence electrons. The molecule has 0 aliphatic carbocycles. The number of alkyl halides is 3. The van der Waals surface area contributed by atoms with Gasteiger partial charge in [-0.15, -0.1) is 0 Å². The van der Waals surface area contributed by atoms with E-state index in [1.54, 1.807) is 25.3 Å². The lowest BCUT2D eigenvalue weighted by Gasteiger charge is -2.35. The van der Waals surface area contributed by atoms with Crippen LogP contribution in [0.3, 0.4) is 0 Å². The molecule has 1 atom stereocenters. The molecule has 3 heterocycles. The predicted octanol–water partition coefficient (Wildman–Crippen LogP) is 5.01. The van der Waals surface area contributed by atoms with Gasteiger partial charge in [-0.2, -0.15) is 13.2 Å². The van der Waals surface area contributed by atoms with Gasteiger partial charge >= 0.3 is 6.18 Å². The van der Waals surface area contributed by atoms with Crippen LogP contribution < -0.4 is 25.3 Å². The number of hydrogen-bond acceptors (Lipinski definition) is 9. The maximum absolute atomic E-state index is 13.3. The summed E-state index contributed by atoms with van der Waals surface area (Å²) in [6, 6.07) is 10.0. The van der Waals surface area contributed by atoms with Crippen molar-refractivity contribution in [2.75, 3.05) is 67.5 Å². The molecule has 0 saturated carbocycles. The van der Waals surface area contributed by atoms with Crippen LogP contribution in [0.25, 0.3) is 0 Å². The molecule has 2 aliphatic rings. The molecule has 2 N–H and O–H groups in total. The first kappa shape index (κ1) is 29.1. The summed E-state index contributed by atoms with van der Waals surface area (Å²) in [4.78, 5) is 31.2. The third kappa shape index (κ3) is 6.42. The number of halogens is 3. The maximum atomic E-state index is 13.3. The normalized spacial score (nSPS) is 17.7.